The smallest absolute Gasteiger partial charge is 0.344 e. The van der Waals surface area contributed by atoms with E-state index in [0.29, 0.717) is 105 Å². The van der Waals surface area contributed by atoms with Crippen LogP contribution in [0.2, 0.25) is 0 Å². The summed E-state index contributed by atoms with van der Waals surface area (Å²) in [6.45, 7) is 7.90. The molecule has 6 heterocycles. The van der Waals surface area contributed by atoms with E-state index in [1.807, 2.05) is 50.3 Å². The van der Waals surface area contributed by atoms with Crippen LogP contribution >= 0.6 is 11.8 Å². The maximum atomic E-state index is 15.6. The van der Waals surface area contributed by atoms with Crippen molar-refractivity contribution in [1.29, 1.82) is 0 Å². The summed E-state index contributed by atoms with van der Waals surface area (Å²) < 4.78 is 38.7. The summed E-state index contributed by atoms with van der Waals surface area (Å²) in [4.78, 5) is 67.8. The first kappa shape index (κ1) is 47.4. The third-order valence-electron chi connectivity index (χ3n) is 16.9. The third kappa shape index (κ3) is 6.78. The van der Waals surface area contributed by atoms with E-state index in [2.05, 4.69) is 20.9 Å². The number of esters is 3. The number of fused-ring (bicyclic) bond motifs is 6. The molecule has 1 saturated carbocycles. The summed E-state index contributed by atoms with van der Waals surface area (Å²) in [6, 6.07) is 14.7. The molecule has 5 aliphatic heterocycles. The van der Waals surface area contributed by atoms with E-state index in [1.165, 1.54) is 51.0 Å². The molecule has 14 nitrogen and oxygen atoms in total. The van der Waals surface area contributed by atoms with Crippen molar-refractivity contribution in [2.24, 2.45) is 11.3 Å². The van der Waals surface area contributed by atoms with Crippen LogP contribution < -0.4 is 9.64 Å². The second-order valence-corrected chi connectivity index (χ2v) is 21.2. The van der Waals surface area contributed by atoms with Gasteiger partial charge in [-0.2, -0.15) is 0 Å². The zero-order valence-corrected chi connectivity index (χ0v) is 40.8. The summed E-state index contributed by atoms with van der Waals surface area (Å²) >= 11 is 1.52. The highest BCUT2D eigenvalue weighted by Crippen LogP contribution is 2.68. The minimum atomic E-state index is -2.57. The predicted molar refractivity (Wildman–Crippen MR) is 257 cm³/mol. The maximum absolute atomic E-state index is 15.6. The summed E-state index contributed by atoms with van der Waals surface area (Å²) in [7, 11) is 4.05. The van der Waals surface area contributed by atoms with E-state index < -0.39 is 63.5 Å². The lowest BCUT2D eigenvalue weighted by Gasteiger charge is -2.63. The number of rotatable bonds is 11. The number of thioether (sulfide) groups is 1. The summed E-state index contributed by atoms with van der Waals surface area (Å²) in [5.41, 5.74) is -3.18. The maximum Gasteiger partial charge on any atom is 0.344 e. The van der Waals surface area contributed by atoms with Crippen molar-refractivity contribution in [3.05, 3.63) is 101 Å². The van der Waals surface area contributed by atoms with Crippen LogP contribution in [0.15, 0.2) is 71.6 Å². The van der Waals surface area contributed by atoms with Crippen LogP contribution in [-0.4, -0.2) is 133 Å². The molecular formula is C53H61FN4O10S. The van der Waals surface area contributed by atoms with Gasteiger partial charge in [-0.15, -0.1) is 11.8 Å². The number of nitrogens with one attached hydrogen (secondary N) is 1. The van der Waals surface area contributed by atoms with Gasteiger partial charge in [0.05, 0.1) is 38.7 Å². The Morgan fingerprint density at radius 2 is 1.74 bits per heavy atom. The average Bonchev–Trinajstić information content (AvgIpc) is 4.02. The quantitative estimate of drug-likeness (QED) is 0.0531. The molecular weight excluding hydrogens is 904 g/mol. The molecule has 0 radical (unpaired) electrons. The molecule has 2 saturated heterocycles. The van der Waals surface area contributed by atoms with E-state index in [0.717, 1.165) is 21.4 Å². The number of hydrogen-bond donors (Lipinski definition) is 3. The first-order valence-corrected chi connectivity index (χ1v) is 25.0. The number of nitrogens with zero attached hydrogens (tertiary/aromatic N) is 3. The molecule has 3 fully saturated rings. The number of carbonyl (C=O) groups excluding carboxylic acids is 4. The fraction of sp³-hybridized carbons (Fsp3) is 0.509. The average molecular weight is 965 g/mol. The van der Waals surface area contributed by atoms with Gasteiger partial charge in [0, 0.05) is 88.8 Å². The van der Waals surface area contributed by atoms with Crippen LogP contribution in [0.25, 0.3) is 10.9 Å². The van der Waals surface area contributed by atoms with Gasteiger partial charge in [0.25, 0.3) is 0 Å². The lowest BCUT2D eigenvalue weighted by Crippen LogP contribution is -2.81. The second kappa shape index (κ2) is 17.3. The number of hydrogen-bond acceptors (Lipinski definition) is 13. The topological polar surface area (TPSA) is 171 Å². The highest BCUT2D eigenvalue weighted by Gasteiger charge is 2.81. The lowest BCUT2D eigenvalue weighted by molar-refractivity contribution is -0.228. The number of benzene rings is 3. The zero-order valence-electron chi connectivity index (χ0n) is 40.0. The molecule has 1 amide bonds. The molecule has 2 unspecified atom stereocenters. The molecule has 3 aromatic carbocycles. The van der Waals surface area contributed by atoms with Gasteiger partial charge < -0.3 is 39.0 Å². The molecule has 4 aromatic rings. The highest BCUT2D eigenvalue weighted by molar-refractivity contribution is 7.98. The number of carbonyl (C=O) groups is 4. The van der Waals surface area contributed by atoms with Crippen molar-refractivity contribution in [1.82, 2.24) is 14.8 Å². The molecule has 3 N–H and O–H groups in total. The fourth-order valence-corrected chi connectivity index (χ4v) is 15.2. The number of aliphatic hydroxyl groups is 2. The third-order valence-corrected chi connectivity index (χ3v) is 18.0. The number of anilines is 1. The predicted octanol–water partition coefficient (Wildman–Crippen LogP) is 5.95. The normalized spacial score (nSPS) is 33.2. The highest BCUT2D eigenvalue weighted by atomic mass is 32.2. The van der Waals surface area contributed by atoms with Gasteiger partial charge in [0.15, 0.2) is 6.10 Å². The molecule has 1 aliphatic carbocycles. The monoisotopic (exact) mass is 964 g/mol. The van der Waals surface area contributed by atoms with Crippen LogP contribution in [0.1, 0.15) is 80.8 Å². The molecule has 2 bridgehead atoms. The van der Waals surface area contributed by atoms with Crippen molar-refractivity contribution < 1.29 is 52.7 Å². The molecule has 69 heavy (non-hydrogen) atoms. The van der Waals surface area contributed by atoms with Crippen LogP contribution in [0, 0.1) is 17.2 Å². The standard InChI is InChI=1S/C53H61FN4O10S/c1-7-49(63)25-32-26-52(47(61)66-5,43-35(16-20-56(27-32)29-49)36-22-34(14-15-40(36)55-43)69-28-33-12-9-10-13-39(33)54)38-23-37-41(24-42(38)65-4)58(30-59)45-51(37)18-21-57-19-11-17-50(8-2,44(51)57)46(68-31(3)60)53(45,64)48(62)67-6/h9-15,17,22-24,30,32,44-46,55,63-64H,7-8,16,18-21,25-29H2,1-6H3/t32-,44+,45?,46-,49+,50-,51-,52+,53+/m1/s1. The Bertz CT molecular complexity index is 2780. The van der Waals surface area contributed by atoms with Gasteiger partial charge in [-0.3, -0.25) is 24.2 Å². The zero-order chi connectivity index (χ0) is 48.8. The summed E-state index contributed by atoms with van der Waals surface area (Å²) in [5.74, 6) is -2.11. The molecule has 10 rings (SSSR count). The molecule has 1 aromatic heterocycles. The van der Waals surface area contributed by atoms with Crippen molar-refractivity contribution in [3.8, 4) is 5.75 Å². The Labute approximate surface area is 405 Å². The van der Waals surface area contributed by atoms with Crippen LogP contribution in [0.3, 0.4) is 0 Å². The van der Waals surface area contributed by atoms with Gasteiger partial charge in [0.1, 0.15) is 17.0 Å². The molecule has 1 spiro atoms. The fourth-order valence-electron chi connectivity index (χ4n) is 14.3. The first-order valence-electron chi connectivity index (χ1n) is 24.0. The number of halogens is 1. The number of piperidine rings is 1. The Hall–Kier alpha value is -5.26. The number of ether oxygens (including phenoxy) is 4. The van der Waals surface area contributed by atoms with E-state index in [9.17, 15) is 29.0 Å². The minimum Gasteiger partial charge on any atom is -0.496 e. The number of aromatic nitrogens is 1. The van der Waals surface area contributed by atoms with Gasteiger partial charge in [0.2, 0.25) is 12.0 Å². The van der Waals surface area contributed by atoms with Crippen molar-refractivity contribution in [3.63, 3.8) is 0 Å². The van der Waals surface area contributed by atoms with E-state index in [-0.39, 0.29) is 23.9 Å². The van der Waals surface area contributed by atoms with E-state index >= 15 is 4.79 Å². The Morgan fingerprint density at radius 1 is 0.957 bits per heavy atom. The lowest BCUT2D eigenvalue weighted by atomic mass is 9.47. The van der Waals surface area contributed by atoms with Crippen LogP contribution in [0.4, 0.5) is 10.1 Å². The molecule has 16 heteroatoms. The van der Waals surface area contributed by atoms with Crippen molar-refractivity contribution >= 4 is 52.7 Å². The van der Waals surface area contributed by atoms with E-state index in [1.54, 1.807) is 18.2 Å². The SMILES string of the molecule is CC[C@]1(O)C[C@H]2CN(CCc3c([nH]c4ccc(SCc5ccccc5F)cc34)[C@@](C(=O)OC)(c3cc4c(cc3OC)N(C=O)C3[C@]45CCN4CC=C[C@@](CC)([C@@H](OC(C)=O)[C@]3(O)C(=O)OC)[C@H]45)C2)C1. The van der Waals surface area contributed by atoms with Crippen molar-refractivity contribution in [2.45, 2.75) is 110 Å². The van der Waals surface area contributed by atoms with Gasteiger partial charge >= 0.3 is 17.9 Å². The first-order chi connectivity index (χ1) is 33.1. The van der Waals surface area contributed by atoms with Crippen LogP contribution in [-0.2, 0) is 56.4 Å². The van der Waals surface area contributed by atoms with Gasteiger partial charge in [-0.05, 0) is 98.0 Å². The number of H-pyrrole nitrogens is 1. The van der Waals surface area contributed by atoms with Crippen LogP contribution in [0.5, 0.6) is 5.75 Å². The largest absolute Gasteiger partial charge is 0.496 e. The second-order valence-electron chi connectivity index (χ2n) is 20.1. The Balaban J connectivity index is 1.25. The van der Waals surface area contributed by atoms with E-state index in [4.69, 9.17) is 18.9 Å². The van der Waals surface area contributed by atoms with Crippen molar-refractivity contribution in [2.75, 3.05) is 59.0 Å². The van der Waals surface area contributed by atoms with Gasteiger partial charge in [-0.25, -0.2) is 9.18 Å². The van der Waals surface area contributed by atoms with Gasteiger partial charge in [-0.1, -0.05) is 44.2 Å². The summed E-state index contributed by atoms with van der Waals surface area (Å²) in [6.07, 6.45) is 5.48. The summed E-state index contributed by atoms with van der Waals surface area (Å²) in [5, 5.41) is 26.5. The number of amides is 1. The Morgan fingerprint density at radius 3 is 2.43 bits per heavy atom. The molecule has 10 atom stereocenters. The Kier molecular flexibility index (Phi) is 11.9. The number of methoxy groups -OCH3 is 3. The minimum absolute atomic E-state index is 0.202. The molecule has 366 valence electrons. The number of aromatic amines is 1. The molecule has 6 aliphatic rings.